The van der Waals surface area contributed by atoms with Gasteiger partial charge in [-0.15, -0.1) is 0 Å². The quantitative estimate of drug-likeness (QED) is 0.547. The van der Waals surface area contributed by atoms with Crippen molar-refractivity contribution < 1.29 is 28.9 Å². The monoisotopic (exact) mass is 381 g/mol. The fraction of sp³-hybridized carbons (Fsp3) is 0.444. The number of hydrogen-bond donors (Lipinski definition) is 2. The molecule has 144 valence electrons. The zero-order valence-corrected chi connectivity index (χ0v) is 17.3. The van der Waals surface area contributed by atoms with Crippen molar-refractivity contribution in [2.75, 3.05) is 19.5 Å². The maximum Gasteiger partial charge on any atom is 0.411 e. The number of carbonyl (C=O) groups is 2. The summed E-state index contributed by atoms with van der Waals surface area (Å²) in [4.78, 5) is 23.4. The van der Waals surface area contributed by atoms with Gasteiger partial charge in [0.1, 0.15) is 0 Å². The van der Waals surface area contributed by atoms with E-state index in [1.165, 1.54) is 27.2 Å². The molecule has 0 saturated carbocycles. The van der Waals surface area contributed by atoms with Gasteiger partial charge in [-0.25, -0.2) is 9.59 Å². The van der Waals surface area contributed by atoms with E-state index in [0.29, 0.717) is 22.7 Å². The molecule has 1 aromatic rings. The number of benzene rings is 1. The highest BCUT2D eigenvalue weighted by Gasteiger charge is 2.26. The number of carboxylic acids is 1. The molecule has 0 spiro atoms. The number of carboxylic acid groups (broad SMARTS) is 1. The standard InChI is InChI=1S/C18H27NO6Si/c1-11(17(20)21)8-13-9-15(23-3)16(24-4)10-14(13)19-18(22)25-12(2)26(5,6)7/h8-10,12H,1-7H3,(H,19,22)(H,20,21)/b11-8+. The number of ether oxygens (including phenoxy) is 3. The van der Waals surface area contributed by atoms with Gasteiger partial charge in [-0.2, -0.15) is 0 Å². The van der Waals surface area contributed by atoms with Gasteiger partial charge in [0, 0.05) is 17.2 Å². The Bertz CT molecular complexity index is 708. The molecule has 1 unspecified atom stereocenters. The molecule has 0 saturated heterocycles. The van der Waals surface area contributed by atoms with Crippen LogP contribution >= 0.6 is 0 Å². The summed E-state index contributed by atoms with van der Waals surface area (Å²) in [6.07, 6.45) is 0.844. The molecule has 8 heteroatoms. The number of methoxy groups -OCH3 is 2. The van der Waals surface area contributed by atoms with E-state index in [9.17, 15) is 9.59 Å². The molecule has 7 nitrogen and oxygen atoms in total. The maximum atomic E-state index is 12.3. The van der Waals surface area contributed by atoms with Gasteiger partial charge in [-0.05, 0) is 26.0 Å². The van der Waals surface area contributed by atoms with Crippen LogP contribution in [0.15, 0.2) is 17.7 Å². The molecule has 0 heterocycles. The second-order valence-corrected chi connectivity index (χ2v) is 12.5. The second-order valence-electron chi connectivity index (χ2n) is 6.97. The summed E-state index contributed by atoms with van der Waals surface area (Å²) in [5.41, 5.74) is 0.780. The highest BCUT2D eigenvalue weighted by molar-refractivity contribution is 6.77. The minimum Gasteiger partial charge on any atom is -0.493 e. The molecule has 1 aromatic carbocycles. The Morgan fingerprint density at radius 1 is 1.15 bits per heavy atom. The molecular formula is C18H27NO6Si. The van der Waals surface area contributed by atoms with Gasteiger partial charge in [0.05, 0.1) is 33.7 Å². The fourth-order valence-corrected chi connectivity index (χ4v) is 2.35. The number of anilines is 1. The van der Waals surface area contributed by atoms with Crippen LogP contribution in [0.4, 0.5) is 10.5 Å². The van der Waals surface area contributed by atoms with Crippen LogP contribution in [-0.2, 0) is 9.53 Å². The van der Waals surface area contributed by atoms with E-state index in [2.05, 4.69) is 25.0 Å². The second kappa shape index (κ2) is 8.75. The van der Waals surface area contributed by atoms with Crippen molar-refractivity contribution in [3.05, 3.63) is 23.3 Å². The van der Waals surface area contributed by atoms with E-state index in [1.54, 1.807) is 12.1 Å². The number of hydrogen-bond acceptors (Lipinski definition) is 5. The lowest BCUT2D eigenvalue weighted by molar-refractivity contribution is -0.132. The van der Waals surface area contributed by atoms with E-state index >= 15 is 0 Å². The number of nitrogens with one attached hydrogen (secondary N) is 1. The predicted molar refractivity (Wildman–Crippen MR) is 104 cm³/mol. The number of rotatable bonds is 7. The summed E-state index contributed by atoms with van der Waals surface area (Å²) in [6.45, 7) is 9.65. The summed E-state index contributed by atoms with van der Waals surface area (Å²) in [6, 6.07) is 3.17. The zero-order chi connectivity index (χ0) is 20.1. The van der Waals surface area contributed by atoms with E-state index in [1.807, 2.05) is 6.92 Å². The van der Waals surface area contributed by atoms with Gasteiger partial charge in [-0.3, -0.25) is 5.32 Å². The molecule has 0 aliphatic rings. The molecular weight excluding hydrogens is 354 g/mol. The Morgan fingerprint density at radius 2 is 1.69 bits per heavy atom. The largest absolute Gasteiger partial charge is 0.493 e. The Labute approximate surface area is 155 Å². The van der Waals surface area contributed by atoms with Gasteiger partial charge in [0.2, 0.25) is 0 Å². The van der Waals surface area contributed by atoms with Crippen LogP contribution in [0.1, 0.15) is 19.4 Å². The van der Waals surface area contributed by atoms with Crippen LogP contribution < -0.4 is 14.8 Å². The third-order valence-corrected chi connectivity index (χ3v) is 6.56. The smallest absolute Gasteiger partial charge is 0.411 e. The van der Waals surface area contributed by atoms with E-state index < -0.39 is 20.1 Å². The molecule has 0 fully saturated rings. The topological polar surface area (TPSA) is 94.1 Å². The molecule has 0 aromatic heterocycles. The summed E-state index contributed by atoms with van der Waals surface area (Å²) < 4.78 is 16.0. The Hall–Kier alpha value is -2.48. The lowest BCUT2D eigenvalue weighted by Crippen LogP contribution is -2.40. The number of aliphatic carboxylic acids is 1. The fourth-order valence-electron chi connectivity index (χ4n) is 1.89. The highest BCUT2D eigenvalue weighted by atomic mass is 28.3. The van der Waals surface area contributed by atoms with Crippen LogP contribution in [0.25, 0.3) is 6.08 Å². The summed E-state index contributed by atoms with van der Waals surface area (Å²) in [5, 5.41) is 11.8. The van der Waals surface area contributed by atoms with Crippen molar-refractivity contribution in [3.63, 3.8) is 0 Å². The first kappa shape index (κ1) is 21.6. The Morgan fingerprint density at radius 3 is 2.15 bits per heavy atom. The van der Waals surface area contributed by atoms with E-state index in [0.717, 1.165) is 0 Å². The van der Waals surface area contributed by atoms with Crippen molar-refractivity contribution in [2.45, 2.75) is 39.2 Å². The third-order valence-electron chi connectivity index (χ3n) is 4.01. The van der Waals surface area contributed by atoms with Crippen LogP contribution in [0, 0.1) is 0 Å². The number of carbonyl (C=O) groups excluding carboxylic acids is 1. The molecule has 26 heavy (non-hydrogen) atoms. The van der Waals surface area contributed by atoms with Crippen molar-refractivity contribution in [1.82, 2.24) is 0 Å². The molecule has 1 atom stereocenters. The molecule has 0 aliphatic heterocycles. The van der Waals surface area contributed by atoms with Crippen LogP contribution in [0.3, 0.4) is 0 Å². The molecule has 0 aliphatic carbocycles. The first-order chi connectivity index (χ1) is 12.0. The summed E-state index contributed by atoms with van der Waals surface area (Å²) in [5.74, 6) is -0.224. The van der Waals surface area contributed by atoms with Crippen LogP contribution in [0.2, 0.25) is 19.6 Å². The Kier molecular flexibility index (Phi) is 7.26. The Balaban J connectivity index is 3.24. The van der Waals surface area contributed by atoms with Gasteiger partial charge in [-0.1, -0.05) is 19.6 Å². The first-order valence-corrected chi connectivity index (χ1v) is 11.7. The van der Waals surface area contributed by atoms with Gasteiger partial charge < -0.3 is 19.3 Å². The molecule has 1 amide bonds. The lowest BCUT2D eigenvalue weighted by Gasteiger charge is -2.25. The molecule has 0 bridgehead atoms. The highest BCUT2D eigenvalue weighted by Crippen LogP contribution is 2.34. The summed E-state index contributed by atoms with van der Waals surface area (Å²) >= 11 is 0. The summed E-state index contributed by atoms with van der Waals surface area (Å²) in [7, 11) is 1.31. The minimum absolute atomic E-state index is 0.115. The average molecular weight is 382 g/mol. The SMILES string of the molecule is COc1cc(/C=C(\C)C(=O)O)c(NC(=O)OC(C)[Si](C)(C)C)cc1OC. The van der Waals surface area contributed by atoms with Crippen molar-refractivity contribution >= 4 is 31.9 Å². The van der Waals surface area contributed by atoms with Crippen LogP contribution in [0.5, 0.6) is 11.5 Å². The third kappa shape index (κ3) is 5.80. The minimum atomic E-state index is -1.65. The van der Waals surface area contributed by atoms with Crippen molar-refractivity contribution in [3.8, 4) is 11.5 Å². The molecule has 2 N–H and O–H groups in total. The van der Waals surface area contributed by atoms with Gasteiger partial charge in [0.25, 0.3) is 0 Å². The number of amides is 1. The van der Waals surface area contributed by atoms with Crippen LogP contribution in [-0.4, -0.2) is 45.2 Å². The van der Waals surface area contributed by atoms with E-state index in [4.69, 9.17) is 19.3 Å². The normalized spacial score (nSPS) is 13.0. The molecule has 1 rings (SSSR count). The van der Waals surface area contributed by atoms with Crippen molar-refractivity contribution in [2.24, 2.45) is 0 Å². The van der Waals surface area contributed by atoms with Gasteiger partial charge in [0.15, 0.2) is 11.5 Å². The van der Waals surface area contributed by atoms with E-state index in [-0.39, 0.29) is 11.3 Å². The lowest BCUT2D eigenvalue weighted by atomic mass is 10.1. The predicted octanol–water partition coefficient (Wildman–Crippen LogP) is 4.01. The zero-order valence-electron chi connectivity index (χ0n) is 16.3. The van der Waals surface area contributed by atoms with Gasteiger partial charge >= 0.3 is 12.1 Å². The van der Waals surface area contributed by atoms with Crippen molar-refractivity contribution in [1.29, 1.82) is 0 Å². The maximum absolute atomic E-state index is 12.3. The molecule has 0 radical (unpaired) electrons. The first-order valence-electron chi connectivity index (χ1n) is 8.14. The average Bonchev–Trinajstić information content (AvgIpc) is 2.54.